The first-order valence-corrected chi connectivity index (χ1v) is 7.65. The lowest BCUT2D eigenvalue weighted by atomic mass is 9.94. The van der Waals surface area contributed by atoms with Gasteiger partial charge in [0.05, 0.1) is 4.88 Å². The summed E-state index contributed by atoms with van der Waals surface area (Å²) in [6.07, 6.45) is 6.04. The predicted octanol–water partition coefficient (Wildman–Crippen LogP) is 3.76. The standard InChI is InChI=1S/C13H18ClNOS/c14-8-9-15(11-5-2-1-3-6-11)13(16)12-7-4-10-17-12/h4,7,10-11H,1-3,5-6,8-9H2. The summed E-state index contributed by atoms with van der Waals surface area (Å²) in [7, 11) is 0. The van der Waals surface area contributed by atoms with Crippen molar-refractivity contribution in [1.82, 2.24) is 4.90 Å². The van der Waals surface area contributed by atoms with Crippen molar-refractivity contribution in [3.63, 3.8) is 0 Å². The van der Waals surface area contributed by atoms with Gasteiger partial charge in [0, 0.05) is 18.5 Å². The molecule has 1 fully saturated rings. The van der Waals surface area contributed by atoms with Gasteiger partial charge in [-0.1, -0.05) is 25.3 Å². The number of thiophene rings is 1. The SMILES string of the molecule is O=C(c1cccs1)N(CCCl)C1CCCCC1. The van der Waals surface area contributed by atoms with Gasteiger partial charge < -0.3 is 4.90 Å². The minimum absolute atomic E-state index is 0.160. The van der Waals surface area contributed by atoms with E-state index >= 15 is 0 Å². The van der Waals surface area contributed by atoms with Gasteiger partial charge in [-0.2, -0.15) is 0 Å². The summed E-state index contributed by atoms with van der Waals surface area (Å²) in [5.41, 5.74) is 0. The Morgan fingerprint density at radius 2 is 2.18 bits per heavy atom. The number of amides is 1. The van der Waals surface area contributed by atoms with Gasteiger partial charge in [0.15, 0.2) is 0 Å². The van der Waals surface area contributed by atoms with Crippen molar-refractivity contribution in [2.24, 2.45) is 0 Å². The van der Waals surface area contributed by atoms with E-state index in [1.54, 1.807) is 0 Å². The van der Waals surface area contributed by atoms with Crippen LogP contribution in [0.2, 0.25) is 0 Å². The summed E-state index contributed by atoms with van der Waals surface area (Å²) in [4.78, 5) is 15.2. The smallest absolute Gasteiger partial charge is 0.264 e. The lowest BCUT2D eigenvalue weighted by Gasteiger charge is -2.33. The van der Waals surface area contributed by atoms with Gasteiger partial charge >= 0.3 is 0 Å². The third kappa shape index (κ3) is 3.23. The fourth-order valence-corrected chi connectivity index (χ4v) is 3.34. The van der Waals surface area contributed by atoms with Gasteiger partial charge in [-0.05, 0) is 24.3 Å². The van der Waals surface area contributed by atoms with Gasteiger partial charge in [0.25, 0.3) is 5.91 Å². The Morgan fingerprint density at radius 3 is 2.76 bits per heavy atom. The van der Waals surface area contributed by atoms with E-state index in [1.807, 2.05) is 22.4 Å². The number of halogens is 1. The number of carbonyl (C=O) groups is 1. The Balaban J connectivity index is 2.07. The second-order valence-corrected chi connectivity index (χ2v) is 5.78. The van der Waals surface area contributed by atoms with Gasteiger partial charge in [-0.3, -0.25) is 4.79 Å². The first-order valence-electron chi connectivity index (χ1n) is 6.23. The molecular formula is C13H18ClNOS. The fourth-order valence-electron chi connectivity index (χ4n) is 2.48. The lowest BCUT2D eigenvalue weighted by molar-refractivity contribution is 0.0655. The number of rotatable bonds is 4. The van der Waals surface area contributed by atoms with Gasteiger partial charge in [0.2, 0.25) is 0 Å². The highest BCUT2D eigenvalue weighted by atomic mass is 35.5. The molecule has 0 unspecified atom stereocenters. The average Bonchev–Trinajstić information content (AvgIpc) is 2.90. The minimum Gasteiger partial charge on any atom is -0.334 e. The molecule has 0 atom stereocenters. The van der Waals surface area contributed by atoms with Gasteiger partial charge in [-0.25, -0.2) is 0 Å². The molecule has 1 saturated carbocycles. The molecule has 4 heteroatoms. The van der Waals surface area contributed by atoms with E-state index in [1.165, 1.54) is 30.6 Å². The van der Waals surface area contributed by atoms with Crippen LogP contribution < -0.4 is 0 Å². The van der Waals surface area contributed by atoms with E-state index < -0.39 is 0 Å². The molecule has 2 nitrogen and oxygen atoms in total. The van der Waals surface area contributed by atoms with Crippen LogP contribution in [0, 0.1) is 0 Å². The van der Waals surface area contributed by atoms with Crippen LogP contribution in [0.5, 0.6) is 0 Å². The highest BCUT2D eigenvalue weighted by Gasteiger charge is 2.26. The van der Waals surface area contributed by atoms with E-state index in [9.17, 15) is 4.79 Å². The Labute approximate surface area is 112 Å². The normalized spacial score (nSPS) is 17.0. The number of carbonyl (C=O) groups excluding carboxylic acids is 1. The number of alkyl halides is 1. The summed E-state index contributed by atoms with van der Waals surface area (Å²) in [5, 5.41) is 1.95. The van der Waals surface area contributed by atoms with Crippen molar-refractivity contribution in [2.45, 2.75) is 38.1 Å². The monoisotopic (exact) mass is 271 g/mol. The molecule has 2 rings (SSSR count). The molecule has 1 aliphatic rings. The molecule has 0 radical (unpaired) electrons. The Hall–Kier alpha value is -0.540. The van der Waals surface area contributed by atoms with E-state index in [0.29, 0.717) is 18.5 Å². The van der Waals surface area contributed by atoms with Crippen LogP contribution in [-0.4, -0.2) is 29.3 Å². The highest BCUT2D eigenvalue weighted by Crippen LogP contribution is 2.25. The maximum Gasteiger partial charge on any atom is 0.264 e. The van der Waals surface area contributed by atoms with Crippen molar-refractivity contribution in [2.75, 3.05) is 12.4 Å². The first kappa shape index (κ1) is 12.9. The summed E-state index contributed by atoms with van der Waals surface area (Å²) < 4.78 is 0. The molecule has 0 aliphatic heterocycles. The van der Waals surface area contributed by atoms with Crippen LogP contribution in [0.3, 0.4) is 0 Å². The summed E-state index contributed by atoms with van der Waals surface area (Å²) in [5.74, 6) is 0.681. The molecule has 1 aromatic rings. The number of hydrogen-bond donors (Lipinski definition) is 0. The third-order valence-corrected chi connectivity index (χ3v) is 4.36. The fraction of sp³-hybridized carbons (Fsp3) is 0.615. The molecule has 1 amide bonds. The summed E-state index contributed by atoms with van der Waals surface area (Å²) in [6, 6.07) is 4.23. The minimum atomic E-state index is 0.160. The molecule has 0 bridgehead atoms. The van der Waals surface area contributed by atoms with Crippen LogP contribution >= 0.6 is 22.9 Å². The Morgan fingerprint density at radius 1 is 1.41 bits per heavy atom. The average molecular weight is 272 g/mol. The van der Waals surface area contributed by atoms with Crippen molar-refractivity contribution < 1.29 is 4.79 Å². The van der Waals surface area contributed by atoms with E-state index in [4.69, 9.17) is 11.6 Å². The predicted molar refractivity (Wildman–Crippen MR) is 72.9 cm³/mol. The summed E-state index contributed by atoms with van der Waals surface area (Å²) in [6.45, 7) is 0.670. The molecule has 94 valence electrons. The second-order valence-electron chi connectivity index (χ2n) is 4.46. The Kier molecular flexibility index (Phi) is 4.86. The number of hydrogen-bond acceptors (Lipinski definition) is 2. The zero-order valence-corrected chi connectivity index (χ0v) is 11.5. The molecule has 0 saturated heterocycles. The van der Waals surface area contributed by atoms with Gasteiger partial charge in [0.1, 0.15) is 0 Å². The van der Waals surface area contributed by atoms with E-state index in [0.717, 1.165) is 17.7 Å². The van der Waals surface area contributed by atoms with Crippen LogP contribution in [-0.2, 0) is 0 Å². The zero-order valence-electron chi connectivity index (χ0n) is 9.90. The van der Waals surface area contributed by atoms with Crippen LogP contribution in [0.25, 0.3) is 0 Å². The quantitative estimate of drug-likeness (QED) is 0.764. The molecule has 1 aromatic heterocycles. The maximum absolute atomic E-state index is 12.4. The van der Waals surface area contributed by atoms with Crippen molar-refractivity contribution in [3.8, 4) is 0 Å². The van der Waals surface area contributed by atoms with Crippen LogP contribution in [0.1, 0.15) is 41.8 Å². The molecule has 0 aromatic carbocycles. The number of nitrogens with zero attached hydrogens (tertiary/aromatic N) is 1. The molecule has 0 spiro atoms. The van der Waals surface area contributed by atoms with Crippen molar-refractivity contribution in [3.05, 3.63) is 22.4 Å². The highest BCUT2D eigenvalue weighted by molar-refractivity contribution is 7.12. The van der Waals surface area contributed by atoms with Crippen molar-refractivity contribution in [1.29, 1.82) is 0 Å². The molecular weight excluding hydrogens is 254 g/mol. The maximum atomic E-state index is 12.4. The van der Waals surface area contributed by atoms with Crippen LogP contribution in [0.4, 0.5) is 0 Å². The second kappa shape index (κ2) is 6.41. The molecule has 1 heterocycles. The van der Waals surface area contributed by atoms with E-state index in [2.05, 4.69) is 0 Å². The lowest BCUT2D eigenvalue weighted by Crippen LogP contribution is -2.42. The van der Waals surface area contributed by atoms with E-state index in [-0.39, 0.29) is 5.91 Å². The third-order valence-electron chi connectivity index (χ3n) is 3.33. The molecule has 17 heavy (non-hydrogen) atoms. The molecule has 0 N–H and O–H groups in total. The zero-order chi connectivity index (χ0) is 12.1. The topological polar surface area (TPSA) is 20.3 Å². The molecule has 1 aliphatic carbocycles. The van der Waals surface area contributed by atoms with Crippen molar-refractivity contribution >= 4 is 28.8 Å². The van der Waals surface area contributed by atoms with Gasteiger partial charge in [-0.15, -0.1) is 22.9 Å². The summed E-state index contributed by atoms with van der Waals surface area (Å²) >= 11 is 7.35. The Bertz CT molecular complexity index is 346. The largest absolute Gasteiger partial charge is 0.334 e. The van der Waals surface area contributed by atoms with Crippen LogP contribution in [0.15, 0.2) is 17.5 Å². The first-order chi connectivity index (χ1) is 8.33.